The number of aryl methyl sites for hydroxylation is 2. The summed E-state index contributed by atoms with van der Waals surface area (Å²) in [4.78, 5) is 12.1. The van der Waals surface area contributed by atoms with Crippen LogP contribution in [0.15, 0.2) is 24.3 Å². The zero-order chi connectivity index (χ0) is 14.0. The Hall–Kier alpha value is -2.01. The number of hydrogen-bond donors (Lipinski definition) is 2. The van der Waals surface area contributed by atoms with Gasteiger partial charge in [-0.3, -0.25) is 9.48 Å². The molecule has 1 aromatic carbocycles. The average molecular weight is 280 g/mol. The van der Waals surface area contributed by atoms with E-state index < -0.39 is 0 Å². The third-order valence-corrected chi connectivity index (χ3v) is 2.94. The van der Waals surface area contributed by atoms with Gasteiger partial charge in [0.25, 0.3) is 5.91 Å². The van der Waals surface area contributed by atoms with Crippen molar-refractivity contribution in [2.45, 2.75) is 20.4 Å². The van der Waals surface area contributed by atoms with Gasteiger partial charge in [-0.15, -0.1) is 0 Å². The number of anilines is 1. The zero-order valence-electron chi connectivity index (χ0n) is 10.6. The van der Waals surface area contributed by atoms with Crippen LogP contribution >= 0.6 is 11.6 Å². The van der Waals surface area contributed by atoms with E-state index in [4.69, 9.17) is 11.6 Å². The number of rotatable bonds is 3. The average Bonchev–Trinajstić information content (AvgIpc) is 2.75. The lowest BCUT2D eigenvalue weighted by atomic mass is 10.3. The first-order valence-corrected chi connectivity index (χ1v) is 6.23. The number of phenols is 1. The van der Waals surface area contributed by atoms with Crippen molar-refractivity contribution in [1.82, 2.24) is 9.78 Å². The van der Waals surface area contributed by atoms with Gasteiger partial charge in [0.15, 0.2) is 0 Å². The smallest absolute Gasteiger partial charge is 0.273 e. The number of halogens is 1. The van der Waals surface area contributed by atoms with Gasteiger partial charge in [0.05, 0.1) is 10.7 Å². The molecule has 0 bridgehead atoms. The molecule has 0 fully saturated rings. The number of nitrogens with one attached hydrogen (secondary N) is 1. The molecule has 6 heteroatoms. The number of aromatic hydroxyl groups is 1. The van der Waals surface area contributed by atoms with Gasteiger partial charge >= 0.3 is 0 Å². The summed E-state index contributed by atoms with van der Waals surface area (Å²) < 4.78 is 1.63. The summed E-state index contributed by atoms with van der Waals surface area (Å²) >= 11 is 5.79. The van der Waals surface area contributed by atoms with Gasteiger partial charge in [-0.2, -0.15) is 5.10 Å². The molecule has 1 amide bonds. The van der Waals surface area contributed by atoms with Crippen molar-refractivity contribution in [3.63, 3.8) is 0 Å². The minimum absolute atomic E-state index is 0.0193. The maximum atomic E-state index is 12.1. The van der Waals surface area contributed by atoms with E-state index in [0.717, 1.165) is 5.69 Å². The van der Waals surface area contributed by atoms with Crippen LogP contribution < -0.4 is 5.32 Å². The number of nitrogens with zero attached hydrogens (tertiary/aromatic N) is 2. The van der Waals surface area contributed by atoms with E-state index in [9.17, 15) is 9.90 Å². The molecule has 2 aromatic rings. The Morgan fingerprint density at radius 3 is 2.84 bits per heavy atom. The number of amides is 1. The van der Waals surface area contributed by atoms with Gasteiger partial charge in [0, 0.05) is 12.2 Å². The molecule has 0 atom stereocenters. The van der Waals surface area contributed by atoms with E-state index in [0.29, 0.717) is 17.9 Å². The molecule has 0 unspecified atom stereocenters. The molecule has 2 rings (SSSR count). The molecule has 0 spiro atoms. The standard InChI is InChI=1S/C13H14ClN3O2/c1-3-17-11(6-8(2)16-17)13(19)15-9-4-5-12(18)10(14)7-9/h4-7,18H,3H2,1-2H3,(H,15,19). The molecule has 1 heterocycles. The van der Waals surface area contributed by atoms with Crippen molar-refractivity contribution >= 4 is 23.2 Å². The van der Waals surface area contributed by atoms with E-state index in [2.05, 4.69) is 10.4 Å². The second kappa shape index (κ2) is 5.32. The van der Waals surface area contributed by atoms with Crippen LogP contribution in [0.4, 0.5) is 5.69 Å². The lowest BCUT2D eigenvalue weighted by Gasteiger charge is -2.07. The molecule has 100 valence electrons. The van der Waals surface area contributed by atoms with Gasteiger partial charge in [0.1, 0.15) is 11.4 Å². The Morgan fingerprint density at radius 2 is 2.21 bits per heavy atom. The molecule has 0 aliphatic rings. The fraction of sp³-hybridized carbons (Fsp3) is 0.231. The first kappa shape index (κ1) is 13.4. The van der Waals surface area contributed by atoms with Gasteiger partial charge in [-0.25, -0.2) is 0 Å². The molecule has 2 N–H and O–H groups in total. The molecular formula is C13H14ClN3O2. The Bertz CT molecular complexity index is 622. The first-order chi connectivity index (χ1) is 9.01. The maximum absolute atomic E-state index is 12.1. The summed E-state index contributed by atoms with van der Waals surface area (Å²) in [6, 6.07) is 6.23. The molecule has 19 heavy (non-hydrogen) atoms. The van der Waals surface area contributed by atoms with E-state index in [1.807, 2.05) is 13.8 Å². The quantitative estimate of drug-likeness (QED) is 0.849. The highest BCUT2D eigenvalue weighted by Crippen LogP contribution is 2.26. The number of phenolic OH excluding ortho intramolecular Hbond substituents is 1. The summed E-state index contributed by atoms with van der Waals surface area (Å²) in [5.74, 6) is -0.279. The Morgan fingerprint density at radius 1 is 1.47 bits per heavy atom. The molecule has 1 aromatic heterocycles. The van der Waals surface area contributed by atoms with Crippen LogP contribution in [0.5, 0.6) is 5.75 Å². The van der Waals surface area contributed by atoms with E-state index >= 15 is 0 Å². The molecule has 0 aliphatic heterocycles. The van der Waals surface area contributed by atoms with Crippen LogP contribution in [-0.2, 0) is 6.54 Å². The number of benzene rings is 1. The number of aromatic nitrogens is 2. The van der Waals surface area contributed by atoms with Crippen molar-refractivity contribution in [2.24, 2.45) is 0 Å². The second-order valence-electron chi connectivity index (χ2n) is 4.11. The summed E-state index contributed by atoms with van der Waals surface area (Å²) in [6.07, 6.45) is 0. The first-order valence-electron chi connectivity index (χ1n) is 5.85. The number of carbonyl (C=O) groups excluding carboxylic acids is 1. The molecule has 0 saturated carbocycles. The summed E-state index contributed by atoms with van der Waals surface area (Å²) in [5, 5.41) is 16.4. The Balaban J connectivity index is 2.22. The molecule has 0 saturated heterocycles. The van der Waals surface area contributed by atoms with E-state index in [-0.39, 0.29) is 16.7 Å². The highest BCUT2D eigenvalue weighted by molar-refractivity contribution is 6.32. The monoisotopic (exact) mass is 279 g/mol. The largest absolute Gasteiger partial charge is 0.506 e. The highest BCUT2D eigenvalue weighted by Gasteiger charge is 2.13. The van der Waals surface area contributed by atoms with E-state index in [1.165, 1.54) is 12.1 Å². The SMILES string of the molecule is CCn1nc(C)cc1C(=O)Nc1ccc(O)c(Cl)c1. The fourth-order valence-electron chi connectivity index (χ4n) is 1.75. The maximum Gasteiger partial charge on any atom is 0.273 e. The highest BCUT2D eigenvalue weighted by atomic mass is 35.5. The summed E-state index contributed by atoms with van der Waals surface area (Å²) in [6.45, 7) is 4.37. The Labute approximate surface area is 115 Å². The third-order valence-electron chi connectivity index (χ3n) is 2.64. The van der Waals surface area contributed by atoms with Crippen molar-refractivity contribution in [1.29, 1.82) is 0 Å². The van der Waals surface area contributed by atoms with Crippen LogP contribution in [0.3, 0.4) is 0 Å². The predicted octanol–water partition coefficient (Wildman–Crippen LogP) is 2.82. The van der Waals surface area contributed by atoms with Gasteiger partial charge in [-0.1, -0.05) is 11.6 Å². The van der Waals surface area contributed by atoms with Crippen molar-refractivity contribution < 1.29 is 9.90 Å². The van der Waals surface area contributed by atoms with Crippen molar-refractivity contribution in [2.75, 3.05) is 5.32 Å². The summed E-state index contributed by atoms with van der Waals surface area (Å²) in [5.41, 5.74) is 1.80. The minimum atomic E-state index is -0.260. The van der Waals surface area contributed by atoms with Gasteiger partial charge in [0.2, 0.25) is 0 Å². The number of carbonyl (C=O) groups is 1. The zero-order valence-corrected chi connectivity index (χ0v) is 11.4. The normalized spacial score (nSPS) is 10.5. The van der Waals surface area contributed by atoms with Crippen LogP contribution in [0.1, 0.15) is 23.1 Å². The predicted molar refractivity (Wildman–Crippen MR) is 73.7 cm³/mol. The van der Waals surface area contributed by atoms with Gasteiger partial charge < -0.3 is 10.4 Å². The third kappa shape index (κ3) is 2.88. The lowest BCUT2D eigenvalue weighted by Crippen LogP contribution is -2.17. The van der Waals surface area contributed by atoms with E-state index in [1.54, 1.807) is 16.8 Å². The second-order valence-corrected chi connectivity index (χ2v) is 4.51. The van der Waals surface area contributed by atoms with Crippen molar-refractivity contribution in [3.8, 4) is 5.75 Å². The van der Waals surface area contributed by atoms with Crippen molar-refractivity contribution in [3.05, 3.63) is 40.7 Å². The van der Waals surface area contributed by atoms with Crippen LogP contribution in [0, 0.1) is 6.92 Å². The summed E-state index contributed by atoms with van der Waals surface area (Å²) in [7, 11) is 0. The molecule has 5 nitrogen and oxygen atoms in total. The van der Waals surface area contributed by atoms with Gasteiger partial charge in [-0.05, 0) is 38.1 Å². The lowest BCUT2D eigenvalue weighted by molar-refractivity contribution is 0.101. The molecule has 0 aliphatic carbocycles. The van der Waals surface area contributed by atoms with Crippen LogP contribution in [0.2, 0.25) is 5.02 Å². The van der Waals surface area contributed by atoms with Crippen LogP contribution in [-0.4, -0.2) is 20.8 Å². The number of hydrogen-bond acceptors (Lipinski definition) is 3. The molecular weight excluding hydrogens is 266 g/mol. The fourth-order valence-corrected chi connectivity index (χ4v) is 1.93. The Kier molecular flexibility index (Phi) is 3.76. The minimum Gasteiger partial charge on any atom is -0.506 e. The van der Waals surface area contributed by atoms with Crippen LogP contribution in [0.25, 0.3) is 0 Å². The molecule has 0 radical (unpaired) electrons. The topological polar surface area (TPSA) is 67.2 Å².